The van der Waals surface area contributed by atoms with Gasteiger partial charge in [0.05, 0.1) is 0 Å². The van der Waals surface area contributed by atoms with Crippen LogP contribution in [0.3, 0.4) is 0 Å². The third-order valence-corrected chi connectivity index (χ3v) is 4.76. The third kappa shape index (κ3) is 5.12. The van der Waals surface area contributed by atoms with Crippen molar-refractivity contribution in [2.45, 2.75) is 50.0 Å². The summed E-state index contributed by atoms with van der Waals surface area (Å²) in [4.78, 5) is 1.37. The van der Waals surface area contributed by atoms with Crippen LogP contribution in [0.15, 0.2) is 29.2 Å². The Morgan fingerprint density at radius 3 is 2.40 bits per heavy atom. The van der Waals surface area contributed by atoms with E-state index < -0.39 is 0 Å². The minimum Gasteiger partial charge on any atom is -0.381 e. The Morgan fingerprint density at radius 1 is 1.15 bits per heavy atom. The van der Waals surface area contributed by atoms with Crippen LogP contribution in [0.4, 0.5) is 0 Å². The monoisotopic (exact) mass is 293 g/mol. The minimum absolute atomic E-state index is 0.244. The molecule has 1 aliphatic heterocycles. The van der Waals surface area contributed by atoms with Gasteiger partial charge in [-0.3, -0.25) is 0 Å². The van der Waals surface area contributed by atoms with Gasteiger partial charge in [0, 0.05) is 36.4 Å². The van der Waals surface area contributed by atoms with Crippen molar-refractivity contribution in [3.63, 3.8) is 0 Å². The standard InChI is InChI=1S/C17H27NOS/c1-17(2,3)14-4-6-16(7-5-14)20-13-10-18-15-8-11-19-12-9-15/h4-7,15,18H,8-13H2,1-3H3. The van der Waals surface area contributed by atoms with Gasteiger partial charge in [-0.05, 0) is 36.0 Å². The molecule has 3 heteroatoms. The highest BCUT2D eigenvalue weighted by Crippen LogP contribution is 2.25. The number of hydrogen-bond acceptors (Lipinski definition) is 3. The van der Waals surface area contributed by atoms with Crippen molar-refractivity contribution < 1.29 is 4.74 Å². The lowest BCUT2D eigenvalue weighted by Gasteiger charge is -2.23. The molecule has 0 atom stereocenters. The number of benzene rings is 1. The lowest BCUT2D eigenvalue weighted by molar-refractivity contribution is 0.0786. The number of nitrogens with one attached hydrogen (secondary N) is 1. The van der Waals surface area contributed by atoms with Gasteiger partial charge in [0.25, 0.3) is 0 Å². The van der Waals surface area contributed by atoms with Crippen LogP contribution >= 0.6 is 11.8 Å². The van der Waals surface area contributed by atoms with E-state index in [1.54, 1.807) is 0 Å². The first-order valence-electron chi connectivity index (χ1n) is 7.60. The smallest absolute Gasteiger partial charge is 0.0480 e. The van der Waals surface area contributed by atoms with Crippen LogP contribution in [0.5, 0.6) is 0 Å². The summed E-state index contributed by atoms with van der Waals surface area (Å²) in [5, 5.41) is 3.63. The fourth-order valence-electron chi connectivity index (χ4n) is 2.38. The van der Waals surface area contributed by atoms with Crippen molar-refractivity contribution >= 4 is 11.8 Å². The van der Waals surface area contributed by atoms with Crippen LogP contribution in [-0.4, -0.2) is 31.6 Å². The van der Waals surface area contributed by atoms with E-state index in [0.717, 1.165) is 38.4 Å². The SMILES string of the molecule is CC(C)(C)c1ccc(SCCNC2CCOCC2)cc1. The maximum Gasteiger partial charge on any atom is 0.0480 e. The van der Waals surface area contributed by atoms with E-state index in [0.29, 0.717) is 6.04 Å². The molecule has 2 nitrogen and oxygen atoms in total. The van der Waals surface area contributed by atoms with Gasteiger partial charge in [-0.1, -0.05) is 32.9 Å². The average molecular weight is 293 g/mol. The summed E-state index contributed by atoms with van der Waals surface area (Å²) in [6.07, 6.45) is 2.32. The predicted molar refractivity (Wildman–Crippen MR) is 87.7 cm³/mol. The number of rotatable bonds is 5. The molecular weight excluding hydrogens is 266 g/mol. The summed E-state index contributed by atoms with van der Waals surface area (Å²) in [7, 11) is 0. The molecule has 20 heavy (non-hydrogen) atoms. The van der Waals surface area contributed by atoms with E-state index in [2.05, 4.69) is 50.4 Å². The van der Waals surface area contributed by atoms with Gasteiger partial charge < -0.3 is 10.1 Å². The molecule has 1 aromatic rings. The lowest BCUT2D eigenvalue weighted by atomic mass is 9.87. The van der Waals surface area contributed by atoms with E-state index in [4.69, 9.17) is 4.74 Å². The average Bonchev–Trinajstić information content (AvgIpc) is 2.44. The molecule has 0 spiro atoms. The van der Waals surface area contributed by atoms with Gasteiger partial charge in [-0.15, -0.1) is 11.8 Å². The van der Waals surface area contributed by atoms with Crippen molar-refractivity contribution in [2.75, 3.05) is 25.5 Å². The summed E-state index contributed by atoms with van der Waals surface area (Å²) < 4.78 is 5.37. The van der Waals surface area contributed by atoms with Crippen molar-refractivity contribution in [1.82, 2.24) is 5.32 Å². The van der Waals surface area contributed by atoms with Gasteiger partial charge in [-0.2, -0.15) is 0 Å². The van der Waals surface area contributed by atoms with Gasteiger partial charge in [0.2, 0.25) is 0 Å². The maximum absolute atomic E-state index is 5.37. The van der Waals surface area contributed by atoms with Gasteiger partial charge in [0.15, 0.2) is 0 Å². The van der Waals surface area contributed by atoms with E-state index in [-0.39, 0.29) is 5.41 Å². The van der Waals surface area contributed by atoms with Crippen molar-refractivity contribution in [3.8, 4) is 0 Å². The molecule has 0 amide bonds. The molecule has 112 valence electrons. The second-order valence-corrected chi connectivity index (χ2v) is 7.63. The zero-order chi connectivity index (χ0) is 14.4. The molecule has 0 unspecified atom stereocenters. The van der Waals surface area contributed by atoms with Gasteiger partial charge >= 0.3 is 0 Å². The fraction of sp³-hybridized carbons (Fsp3) is 0.647. The first-order chi connectivity index (χ1) is 9.55. The second kappa shape index (κ2) is 7.48. The van der Waals surface area contributed by atoms with E-state index in [1.165, 1.54) is 10.5 Å². The highest BCUT2D eigenvalue weighted by molar-refractivity contribution is 7.99. The Balaban J connectivity index is 1.68. The Morgan fingerprint density at radius 2 is 1.80 bits per heavy atom. The summed E-state index contributed by atoms with van der Waals surface area (Å²) >= 11 is 1.93. The lowest BCUT2D eigenvalue weighted by Crippen LogP contribution is -2.35. The van der Waals surface area contributed by atoms with Crippen LogP contribution in [0.2, 0.25) is 0 Å². The quantitative estimate of drug-likeness (QED) is 0.658. The molecule has 0 radical (unpaired) electrons. The van der Waals surface area contributed by atoms with Crippen molar-refractivity contribution in [3.05, 3.63) is 29.8 Å². The molecule has 0 saturated carbocycles. The summed E-state index contributed by atoms with van der Waals surface area (Å²) in [6, 6.07) is 9.68. The molecule has 1 aliphatic rings. The van der Waals surface area contributed by atoms with Crippen molar-refractivity contribution in [1.29, 1.82) is 0 Å². The van der Waals surface area contributed by atoms with Crippen LogP contribution in [0.1, 0.15) is 39.2 Å². The van der Waals surface area contributed by atoms with Crippen LogP contribution in [0, 0.1) is 0 Å². The molecule has 0 aliphatic carbocycles. The molecule has 0 aromatic heterocycles. The highest BCUT2D eigenvalue weighted by atomic mass is 32.2. The first kappa shape index (κ1) is 15.9. The third-order valence-electron chi connectivity index (χ3n) is 3.75. The molecule has 0 bridgehead atoms. The Labute approximate surface area is 127 Å². The normalized spacial score (nSPS) is 17.4. The Hall–Kier alpha value is -0.510. The number of hydrogen-bond donors (Lipinski definition) is 1. The molecule has 1 N–H and O–H groups in total. The van der Waals surface area contributed by atoms with E-state index in [1.807, 2.05) is 11.8 Å². The summed E-state index contributed by atoms with van der Waals surface area (Å²) in [6.45, 7) is 9.68. The molecule has 1 saturated heterocycles. The summed E-state index contributed by atoms with van der Waals surface area (Å²) in [5.41, 5.74) is 1.65. The van der Waals surface area contributed by atoms with Gasteiger partial charge in [0.1, 0.15) is 0 Å². The molecule has 1 aromatic carbocycles. The first-order valence-corrected chi connectivity index (χ1v) is 8.59. The van der Waals surface area contributed by atoms with Crippen LogP contribution in [0.25, 0.3) is 0 Å². The second-order valence-electron chi connectivity index (χ2n) is 6.46. The zero-order valence-corrected chi connectivity index (χ0v) is 13.8. The highest BCUT2D eigenvalue weighted by Gasteiger charge is 2.13. The molecular formula is C17H27NOS. The van der Waals surface area contributed by atoms with Crippen LogP contribution < -0.4 is 5.32 Å². The number of thioether (sulfide) groups is 1. The fourth-order valence-corrected chi connectivity index (χ4v) is 3.17. The van der Waals surface area contributed by atoms with Gasteiger partial charge in [-0.25, -0.2) is 0 Å². The van der Waals surface area contributed by atoms with Crippen LogP contribution in [-0.2, 0) is 10.2 Å². The Bertz CT molecular complexity index is 390. The molecule has 1 fully saturated rings. The predicted octanol–water partition coefficient (Wildman–Crippen LogP) is 3.84. The summed E-state index contributed by atoms with van der Waals surface area (Å²) in [5.74, 6) is 1.13. The molecule has 1 heterocycles. The van der Waals surface area contributed by atoms with E-state index in [9.17, 15) is 0 Å². The topological polar surface area (TPSA) is 21.3 Å². The van der Waals surface area contributed by atoms with E-state index >= 15 is 0 Å². The Kier molecular flexibility index (Phi) is 5.94. The largest absolute Gasteiger partial charge is 0.381 e. The number of ether oxygens (including phenoxy) is 1. The van der Waals surface area contributed by atoms with Crippen molar-refractivity contribution in [2.24, 2.45) is 0 Å². The maximum atomic E-state index is 5.37. The molecule has 2 rings (SSSR count). The zero-order valence-electron chi connectivity index (χ0n) is 12.9. The minimum atomic E-state index is 0.244.